The molecule has 4 rings (SSSR count). The van der Waals surface area contributed by atoms with Crippen LogP contribution in [-0.4, -0.2) is 34.0 Å². The van der Waals surface area contributed by atoms with Crippen LogP contribution in [0.5, 0.6) is 0 Å². The van der Waals surface area contributed by atoms with Crippen LogP contribution in [-0.2, 0) is 0 Å². The Kier molecular flexibility index (Phi) is 4.86. The summed E-state index contributed by atoms with van der Waals surface area (Å²) in [5.74, 6) is 0.942. The van der Waals surface area contributed by atoms with Crippen LogP contribution in [0.3, 0.4) is 0 Å². The van der Waals surface area contributed by atoms with E-state index in [9.17, 15) is 9.90 Å². The fourth-order valence-corrected chi connectivity index (χ4v) is 4.23. The van der Waals surface area contributed by atoms with Gasteiger partial charge in [-0.2, -0.15) is 0 Å². The van der Waals surface area contributed by atoms with Gasteiger partial charge in [0.2, 0.25) is 0 Å². The van der Waals surface area contributed by atoms with Crippen LogP contribution in [0.25, 0.3) is 11.3 Å². The van der Waals surface area contributed by atoms with E-state index in [1.54, 1.807) is 17.5 Å². The van der Waals surface area contributed by atoms with Crippen molar-refractivity contribution in [2.45, 2.75) is 18.9 Å². The first-order valence-electron chi connectivity index (χ1n) is 8.72. The van der Waals surface area contributed by atoms with Gasteiger partial charge in [0.1, 0.15) is 0 Å². The van der Waals surface area contributed by atoms with Crippen LogP contribution in [0.2, 0.25) is 0 Å². The maximum atomic E-state index is 12.7. The van der Waals surface area contributed by atoms with Crippen molar-refractivity contribution < 1.29 is 14.3 Å². The summed E-state index contributed by atoms with van der Waals surface area (Å²) < 4.78 is 5.27. The summed E-state index contributed by atoms with van der Waals surface area (Å²) in [5.41, 5.74) is 1.57. The van der Waals surface area contributed by atoms with Crippen LogP contribution in [0, 0.1) is 5.92 Å². The summed E-state index contributed by atoms with van der Waals surface area (Å²) in [6.07, 6.45) is 4.26. The van der Waals surface area contributed by atoms with Gasteiger partial charge in [0, 0.05) is 29.1 Å². The molecule has 26 heavy (non-hydrogen) atoms. The van der Waals surface area contributed by atoms with Crippen molar-refractivity contribution in [3.05, 3.63) is 64.8 Å². The minimum Gasteiger partial charge on any atom is -0.444 e. The predicted molar refractivity (Wildman–Crippen MR) is 99.8 cm³/mol. The zero-order valence-corrected chi connectivity index (χ0v) is 15.1. The van der Waals surface area contributed by atoms with Crippen molar-refractivity contribution in [1.29, 1.82) is 0 Å². The number of carbonyl (C=O) groups excluding carboxylic acids is 1. The number of oxazole rings is 1. The van der Waals surface area contributed by atoms with E-state index in [1.165, 1.54) is 6.39 Å². The number of thiophene rings is 1. The van der Waals surface area contributed by atoms with E-state index in [4.69, 9.17) is 4.42 Å². The zero-order valence-electron chi connectivity index (χ0n) is 14.2. The second-order valence-corrected chi connectivity index (χ2v) is 7.51. The van der Waals surface area contributed by atoms with Crippen molar-refractivity contribution >= 4 is 17.2 Å². The molecule has 1 atom stereocenters. The molecule has 5 nitrogen and oxygen atoms in total. The highest BCUT2D eigenvalue weighted by atomic mass is 32.1. The molecule has 3 aromatic rings. The summed E-state index contributed by atoms with van der Waals surface area (Å²) in [4.78, 5) is 19.5. The Morgan fingerprint density at radius 1 is 1.23 bits per heavy atom. The molecule has 0 spiro atoms. The molecule has 0 saturated carbocycles. The van der Waals surface area contributed by atoms with Gasteiger partial charge in [-0.3, -0.25) is 4.79 Å². The van der Waals surface area contributed by atoms with Gasteiger partial charge in [-0.05, 0) is 42.3 Å². The van der Waals surface area contributed by atoms with Gasteiger partial charge in [0.05, 0.1) is 12.3 Å². The number of hydrogen-bond acceptors (Lipinski definition) is 5. The molecule has 1 saturated heterocycles. The van der Waals surface area contributed by atoms with Gasteiger partial charge >= 0.3 is 0 Å². The number of aliphatic hydroxyl groups excluding tert-OH is 1. The Bertz CT molecular complexity index is 836. The summed E-state index contributed by atoms with van der Waals surface area (Å²) in [6, 6.07) is 11.3. The molecule has 3 heterocycles. The number of hydrogen-bond donors (Lipinski definition) is 1. The smallest absolute Gasteiger partial charge is 0.253 e. The average Bonchev–Trinajstić information content (AvgIpc) is 3.41. The number of rotatable bonds is 4. The van der Waals surface area contributed by atoms with E-state index in [2.05, 4.69) is 4.98 Å². The van der Waals surface area contributed by atoms with Gasteiger partial charge in [0.15, 0.2) is 12.2 Å². The SMILES string of the molecule is O=C(c1ccc(-c2cnco2)cc1)N1CCC(C(O)c2cccs2)CC1. The number of aromatic nitrogens is 1. The van der Waals surface area contributed by atoms with E-state index in [0.29, 0.717) is 24.4 Å². The van der Waals surface area contributed by atoms with Crippen LogP contribution in [0.1, 0.15) is 34.2 Å². The first-order valence-corrected chi connectivity index (χ1v) is 9.60. The third-order valence-electron chi connectivity index (χ3n) is 4.96. The highest BCUT2D eigenvalue weighted by Gasteiger charge is 2.29. The molecular formula is C20H20N2O3S. The van der Waals surface area contributed by atoms with E-state index in [0.717, 1.165) is 23.3 Å². The quantitative estimate of drug-likeness (QED) is 0.756. The Morgan fingerprint density at radius 3 is 2.62 bits per heavy atom. The van der Waals surface area contributed by atoms with E-state index >= 15 is 0 Å². The van der Waals surface area contributed by atoms with E-state index in [1.807, 2.05) is 46.7 Å². The van der Waals surface area contributed by atoms with E-state index < -0.39 is 6.10 Å². The van der Waals surface area contributed by atoms with Crippen molar-refractivity contribution in [2.75, 3.05) is 13.1 Å². The number of likely N-dealkylation sites (tertiary alicyclic amines) is 1. The highest BCUT2D eigenvalue weighted by Crippen LogP contribution is 2.33. The Balaban J connectivity index is 1.37. The van der Waals surface area contributed by atoms with Crippen molar-refractivity contribution in [2.24, 2.45) is 5.92 Å². The monoisotopic (exact) mass is 368 g/mol. The lowest BCUT2D eigenvalue weighted by Crippen LogP contribution is -2.39. The molecule has 1 N–H and O–H groups in total. The molecular weight excluding hydrogens is 348 g/mol. The second-order valence-electron chi connectivity index (χ2n) is 6.53. The predicted octanol–water partition coefficient (Wildman–Crippen LogP) is 3.99. The fraction of sp³-hybridized carbons (Fsp3) is 0.300. The molecule has 2 aromatic heterocycles. The number of nitrogens with zero attached hydrogens (tertiary/aromatic N) is 2. The van der Waals surface area contributed by atoms with Crippen molar-refractivity contribution in [3.63, 3.8) is 0 Å². The molecule has 1 aliphatic heterocycles. The average molecular weight is 368 g/mol. The van der Waals surface area contributed by atoms with Crippen LogP contribution in [0.4, 0.5) is 0 Å². The summed E-state index contributed by atoms with van der Waals surface area (Å²) >= 11 is 1.59. The van der Waals surface area contributed by atoms with Gasteiger partial charge in [-0.1, -0.05) is 18.2 Å². The lowest BCUT2D eigenvalue weighted by atomic mass is 9.90. The second kappa shape index (κ2) is 7.43. The van der Waals surface area contributed by atoms with E-state index in [-0.39, 0.29) is 11.8 Å². The Labute approximate surface area is 155 Å². The third kappa shape index (κ3) is 3.43. The van der Waals surface area contributed by atoms with Crippen molar-refractivity contribution in [3.8, 4) is 11.3 Å². The fourth-order valence-electron chi connectivity index (χ4n) is 3.43. The largest absolute Gasteiger partial charge is 0.444 e. The zero-order chi connectivity index (χ0) is 17.9. The van der Waals surface area contributed by atoms with Crippen LogP contribution >= 0.6 is 11.3 Å². The summed E-state index contributed by atoms with van der Waals surface area (Å²) in [7, 11) is 0. The molecule has 1 aliphatic rings. The molecule has 1 fully saturated rings. The Hall–Kier alpha value is -2.44. The first kappa shape index (κ1) is 17.0. The van der Waals surface area contributed by atoms with Gasteiger partial charge in [-0.25, -0.2) is 4.98 Å². The maximum Gasteiger partial charge on any atom is 0.253 e. The lowest BCUT2D eigenvalue weighted by Gasteiger charge is -2.34. The van der Waals surface area contributed by atoms with Gasteiger partial charge in [-0.15, -0.1) is 11.3 Å². The van der Waals surface area contributed by atoms with Crippen LogP contribution in [0.15, 0.2) is 58.8 Å². The number of piperidine rings is 1. The van der Waals surface area contributed by atoms with Crippen molar-refractivity contribution in [1.82, 2.24) is 9.88 Å². The molecule has 0 radical (unpaired) electrons. The minimum absolute atomic E-state index is 0.0400. The number of aliphatic hydroxyl groups is 1. The molecule has 1 unspecified atom stereocenters. The molecule has 1 amide bonds. The molecule has 1 aromatic carbocycles. The molecule has 134 valence electrons. The normalized spacial score (nSPS) is 16.6. The lowest BCUT2D eigenvalue weighted by molar-refractivity contribution is 0.0474. The standard InChI is InChI=1S/C20H20N2O3S/c23-19(18-2-1-11-26-18)15-7-9-22(10-8-15)20(24)16-5-3-14(4-6-16)17-12-21-13-25-17/h1-6,11-13,15,19,23H,7-10H2. The molecule has 0 bridgehead atoms. The minimum atomic E-state index is -0.423. The number of amides is 1. The van der Waals surface area contributed by atoms with Gasteiger partial charge < -0.3 is 14.4 Å². The number of benzene rings is 1. The molecule has 6 heteroatoms. The summed E-state index contributed by atoms with van der Waals surface area (Å²) in [5, 5.41) is 12.5. The summed E-state index contributed by atoms with van der Waals surface area (Å²) in [6.45, 7) is 1.35. The highest BCUT2D eigenvalue weighted by molar-refractivity contribution is 7.10. The maximum absolute atomic E-state index is 12.7. The topological polar surface area (TPSA) is 66.6 Å². The molecule has 0 aliphatic carbocycles. The Morgan fingerprint density at radius 2 is 2.00 bits per heavy atom. The number of carbonyl (C=O) groups is 1. The van der Waals surface area contributed by atoms with Gasteiger partial charge in [0.25, 0.3) is 5.91 Å². The van der Waals surface area contributed by atoms with Crippen LogP contribution < -0.4 is 0 Å². The third-order valence-corrected chi connectivity index (χ3v) is 5.90. The first-order chi connectivity index (χ1) is 12.7.